The highest BCUT2D eigenvalue weighted by molar-refractivity contribution is 7.19. The molecule has 0 aliphatic carbocycles. The molecular formula is C29H27N3O2S. The topological polar surface area (TPSA) is 55.6 Å². The fraction of sp³-hybridized carbons (Fsp3) is 0.172. The van der Waals surface area contributed by atoms with Crippen LogP contribution in [0.4, 0.5) is 0 Å². The Morgan fingerprint density at radius 3 is 2.17 bits per heavy atom. The summed E-state index contributed by atoms with van der Waals surface area (Å²) in [6.45, 7) is 2.55. The molecule has 35 heavy (non-hydrogen) atoms. The number of methoxy groups -OCH3 is 1. The van der Waals surface area contributed by atoms with Gasteiger partial charge in [0.15, 0.2) is 4.96 Å². The first kappa shape index (κ1) is 22.9. The number of aromatic nitrogens is 2. The minimum Gasteiger partial charge on any atom is -0.497 e. The number of carbonyl (C=O) groups excluding carboxylic acids is 1. The van der Waals surface area contributed by atoms with Gasteiger partial charge in [0, 0.05) is 29.9 Å². The van der Waals surface area contributed by atoms with Gasteiger partial charge in [0.2, 0.25) is 0 Å². The molecule has 0 unspecified atom stereocenters. The van der Waals surface area contributed by atoms with Crippen LogP contribution in [-0.4, -0.2) is 28.9 Å². The number of hydrogen-bond acceptors (Lipinski definition) is 4. The van der Waals surface area contributed by atoms with Crippen molar-refractivity contribution < 1.29 is 9.53 Å². The molecule has 5 rings (SSSR count). The van der Waals surface area contributed by atoms with Gasteiger partial charge in [0.05, 0.1) is 12.8 Å². The highest BCUT2D eigenvalue weighted by atomic mass is 32.1. The highest BCUT2D eigenvalue weighted by Gasteiger charge is 2.19. The molecule has 6 heteroatoms. The Balaban J connectivity index is 1.29. The molecule has 0 radical (unpaired) electrons. The summed E-state index contributed by atoms with van der Waals surface area (Å²) in [5, 5.41) is 3.14. The number of thiazole rings is 1. The van der Waals surface area contributed by atoms with E-state index in [4.69, 9.17) is 9.72 Å². The third-order valence-corrected chi connectivity index (χ3v) is 7.43. The van der Waals surface area contributed by atoms with E-state index in [1.54, 1.807) is 7.11 Å². The molecule has 1 amide bonds. The quantitative estimate of drug-likeness (QED) is 0.282. The predicted molar refractivity (Wildman–Crippen MR) is 141 cm³/mol. The van der Waals surface area contributed by atoms with Gasteiger partial charge in [-0.1, -0.05) is 72.0 Å². The number of amides is 1. The van der Waals surface area contributed by atoms with Gasteiger partial charge in [-0.2, -0.15) is 0 Å². The molecule has 2 heterocycles. The fourth-order valence-electron chi connectivity index (χ4n) is 4.37. The average Bonchev–Trinajstić information content (AvgIpc) is 3.47. The number of imidazole rings is 1. The Morgan fingerprint density at radius 2 is 1.60 bits per heavy atom. The number of ether oxygens (including phenoxy) is 1. The number of fused-ring (bicyclic) bond motifs is 1. The van der Waals surface area contributed by atoms with Crippen LogP contribution in [0.25, 0.3) is 16.2 Å². The zero-order valence-corrected chi connectivity index (χ0v) is 20.6. The molecule has 0 bridgehead atoms. The molecule has 176 valence electrons. The van der Waals surface area contributed by atoms with Gasteiger partial charge in [-0.15, -0.1) is 0 Å². The molecule has 2 aromatic heterocycles. The van der Waals surface area contributed by atoms with Crippen LogP contribution >= 0.6 is 11.3 Å². The van der Waals surface area contributed by atoms with Gasteiger partial charge in [0.1, 0.15) is 10.6 Å². The van der Waals surface area contributed by atoms with Crippen LogP contribution in [0.3, 0.4) is 0 Å². The fourth-order valence-corrected chi connectivity index (χ4v) is 5.39. The molecule has 0 saturated carbocycles. The average molecular weight is 482 g/mol. The zero-order valence-electron chi connectivity index (χ0n) is 19.8. The van der Waals surface area contributed by atoms with Gasteiger partial charge in [0.25, 0.3) is 5.91 Å². The monoisotopic (exact) mass is 481 g/mol. The Labute approximate surface area is 209 Å². The molecule has 5 nitrogen and oxygen atoms in total. The van der Waals surface area contributed by atoms with Gasteiger partial charge in [-0.05, 0) is 48.7 Å². The summed E-state index contributed by atoms with van der Waals surface area (Å²) >= 11 is 1.42. The zero-order chi connectivity index (χ0) is 24.2. The van der Waals surface area contributed by atoms with Crippen molar-refractivity contribution >= 4 is 22.2 Å². The van der Waals surface area contributed by atoms with Gasteiger partial charge < -0.3 is 10.1 Å². The number of nitrogens with zero attached hydrogens (tertiary/aromatic N) is 2. The van der Waals surface area contributed by atoms with E-state index in [-0.39, 0.29) is 11.8 Å². The van der Waals surface area contributed by atoms with E-state index in [9.17, 15) is 4.79 Å². The SMILES string of the molecule is COc1ccc(-c2cn3c(C)c(C(=O)NCCC(c4ccccc4)c4ccccc4)sc3n2)cc1. The minimum atomic E-state index is -0.0520. The third-order valence-electron chi connectivity index (χ3n) is 6.27. The largest absolute Gasteiger partial charge is 0.497 e. The van der Waals surface area contributed by atoms with Crippen molar-refractivity contribution in [2.24, 2.45) is 0 Å². The first-order chi connectivity index (χ1) is 17.1. The van der Waals surface area contributed by atoms with Crippen LogP contribution in [0.2, 0.25) is 0 Å². The van der Waals surface area contributed by atoms with Crippen LogP contribution in [-0.2, 0) is 0 Å². The van der Waals surface area contributed by atoms with Crippen LogP contribution in [0.1, 0.15) is 38.8 Å². The first-order valence-corrected chi connectivity index (χ1v) is 12.5. The second-order valence-electron chi connectivity index (χ2n) is 8.44. The number of rotatable bonds is 8. The van der Waals surface area contributed by atoms with Gasteiger partial charge >= 0.3 is 0 Å². The molecule has 0 saturated heterocycles. The lowest BCUT2D eigenvalue weighted by molar-refractivity contribution is 0.0956. The van der Waals surface area contributed by atoms with Crippen molar-refractivity contribution in [3.8, 4) is 17.0 Å². The van der Waals surface area contributed by atoms with Crippen molar-refractivity contribution in [1.29, 1.82) is 0 Å². The Bertz CT molecular complexity index is 1380. The maximum Gasteiger partial charge on any atom is 0.263 e. The molecule has 1 N–H and O–H groups in total. The van der Waals surface area contributed by atoms with Crippen molar-refractivity contribution in [1.82, 2.24) is 14.7 Å². The summed E-state index contributed by atoms with van der Waals surface area (Å²) in [6.07, 6.45) is 2.81. The number of hydrogen-bond donors (Lipinski definition) is 1. The van der Waals surface area contributed by atoms with Gasteiger partial charge in [-0.3, -0.25) is 9.20 Å². The van der Waals surface area contributed by atoms with Crippen LogP contribution in [0.15, 0.2) is 91.1 Å². The molecule has 3 aromatic carbocycles. The summed E-state index contributed by atoms with van der Waals surface area (Å²) in [5.41, 5.74) is 5.30. The van der Waals surface area contributed by atoms with Crippen LogP contribution < -0.4 is 10.1 Å². The van der Waals surface area contributed by atoms with E-state index in [0.29, 0.717) is 11.4 Å². The van der Waals surface area contributed by atoms with Crippen LogP contribution in [0, 0.1) is 6.92 Å². The number of carbonyl (C=O) groups is 1. The molecule has 0 aliphatic heterocycles. The summed E-state index contributed by atoms with van der Waals surface area (Å²) in [6, 6.07) is 28.8. The summed E-state index contributed by atoms with van der Waals surface area (Å²) in [5.74, 6) is 0.988. The van der Waals surface area contributed by atoms with Crippen molar-refractivity contribution in [3.05, 3.63) is 113 Å². The predicted octanol–water partition coefficient (Wildman–Crippen LogP) is 6.33. The van der Waals surface area contributed by atoms with E-state index in [2.05, 4.69) is 53.8 Å². The van der Waals surface area contributed by atoms with Crippen molar-refractivity contribution in [2.75, 3.05) is 13.7 Å². The lowest BCUT2D eigenvalue weighted by Gasteiger charge is -2.18. The van der Waals surface area contributed by atoms with Crippen molar-refractivity contribution in [2.45, 2.75) is 19.3 Å². The molecule has 0 aliphatic rings. The van der Waals surface area contributed by atoms with Gasteiger partial charge in [-0.25, -0.2) is 4.98 Å². The third kappa shape index (κ3) is 4.84. The second kappa shape index (κ2) is 10.2. The summed E-state index contributed by atoms with van der Waals surface area (Å²) in [4.78, 5) is 19.3. The molecule has 0 atom stereocenters. The molecule has 0 fully saturated rings. The van der Waals surface area contributed by atoms with E-state index < -0.39 is 0 Å². The van der Waals surface area contributed by atoms with Crippen molar-refractivity contribution in [3.63, 3.8) is 0 Å². The van der Waals surface area contributed by atoms with E-state index >= 15 is 0 Å². The molecule has 5 aromatic rings. The van der Waals surface area contributed by atoms with Crippen LogP contribution in [0.5, 0.6) is 5.75 Å². The Morgan fingerprint density at radius 1 is 0.971 bits per heavy atom. The van der Waals surface area contributed by atoms with E-state index in [0.717, 1.165) is 34.1 Å². The minimum absolute atomic E-state index is 0.0520. The Kier molecular flexibility index (Phi) is 6.64. The summed E-state index contributed by atoms with van der Waals surface area (Å²) in [7, 11) is 1.65. The van der Waals surface area contributed by atoms with E-state index in [1.165, 1.54) is 22.5 Å². The number of aryl methyl sites for hydroxylation is 1. The lowest BCUT2D eigenvalue weighted by Crippen LogP contribution is -2.25. The maximum atomic E-state index is 13.1. The smallest absolute Gasteiger partial charge is 0.263 e. The highest BCUT2D eigenvalue weighted by Crippen LogP contribution is 2.29. The summed E-state index contributed by atoms with van der Waals surface area (Å²) < 4.78 is 7.24. The Hall–Kier alpha value is -3.90. The molecule has 0 spiro atoms. The standard InChI is InChI=1S/C29H27N3O2S/c1-20-27(35-29-31-26(19-32(20)29)23-13-15-24(34-2)16-14-23)28(33)30-18-17-25(21-9-5-3-6-10-21)22-11-7-4-8-12-22/h3-16,19,25H,17-18H2,1-2H3,(H,30,33). The van der Waals surface area contributed by atoms with E-state index in [1.807, 2.05) is 53.9 Å². The normalized spacial score (nSPS) is 11.2. The first-order valence-electron chi connectivity index (χ1n) is 11.6. The lowest BCUT2D eigenvalue weighted by atomic mass is 9.88. The maximum absolute atomic E-state index is 13.1. The number of nitrogens with one attached hydrogen (secondary N) is 1. The second-order valence-corrected chi connectivity index (χ2v) is 9.42. The number of benzene rings is 3. The molecular weight excluding hydrogens is 454 g/mol.